The Morgan fingerprint density at radius 3 is 0.309 bits per heavy atom. The SMILES string of the molecule is CCCCCCCCCCCCCCCCCC(=O)O.CCCCCCCCCCCCCCCCCC(=O)O.CCCCCCCCCCCCCCCCCC(=O)O.CCCCCCCCCCCCCCCCCC(=O)O.[Re]. The van der Waals surface area contributed by atoms with Crippen molar-refractivity contribution in [3.05, 3.63) is 0 Å². The molecule has 9 heteroatoms. The van der Waals surface area contributed by atoms with E-state index in [2.05, 4.69) is 27.7 Å². The van der Waals surface area contributed by atoms with Gasteiger partial charge in [-0.1, -0.05) is 387 Å². The molecule has 0 aliphatic heterocycles. The first-order valence-electron chi connectivity index (χ1n) is 36.0. The molecular formula is C72H144O8Re. The Kier molecular flexibility index (Phi) is 92.7. The van der Waals surface area contributed by atoms with Crippen molar-refractivity contribution < 1.29 is 60.0 Å². The maximum Gasteiger partial charge on any atom is 0.303 e. The van der Waals surface area contributed by atoms with Gasteiger partial charge in [0.25, 0.3) is 0 Å². The van der Waals surface area contributed by atoms with Crippen LogP contribution in [0, 0.1) is 0 Å². The van der Waals surface area contributed by atoms with Crippen molar-refractivity contribution in [3.63, 3.8) is 0 Å². The smallest absolute Gasteiger partial charge is 0.303 e. The first kappa shape index (κ1) is 88.3. The number of carboxylic acids is 4. The molecule has 0 saturated carbocycles. The zero-order chi connectivity index (χ0) is 59.6. The van der Waals surface area contributed by atoms with Gasteiger partial charge in [-0.25, -0.2) is 0 Å². The van der Waals surface area contributed by atoms with E-state index in [1.54, 1.807) is 0 Å². The van der Waals surface area contributed by atoms with E-state index in [-0.39, 0.29) is 20.4 Å². The summed E-state index contributed by atoms with van der Waals surface area (Å²) in [6.07, 6.45) is 80.8. The first-order chi connectivity index (χ1) is 39.1. The van der Waals surface area contributed by atoms with Crippen LogP contribution in [-0.4, -0.2) is 44.3 Å². The molecule has 1 radical (unpaired) electrons. The molecule has 0 aliphatic carbocycles. The van der Waals surface area contributed by atoms with E-state index in [1.165, 1.54) is 334 Å². The van der Waals surface area contributed by atoms with Gasteiger partial charge >= 0.3 is 23.9 Å². The molecule has 4 N–H and O–H groups in total. The second-order valence-electron chi connectivity index (χ2n) is 24.4. The number of carboxylic acid groups (broad SMARTS) is 4. The Hall–Kier alpha value is -1.46. The Morgan fingerprint density at radius 1 is 0.160 bits per heavy atom. The predicted molar refractivity (Wildman–Crippen MR) is 349 cm³/mol. The van der Waals surface area contributed by atoms with E-state index in [4.69, 9.17) is 20.4 Å². The molecule has 0 amide bonds. The molecule has 0 bridgehead atoms. The summed E-state index contributed by atoms with van der Waals surface area (Å²) < 4.78 is 0. The van der Waals surface area contributed by atoms with Gasteiger partial charge in [-0.3, -0.25) is 19.2 Å². The molecule has 0 aromatic heterocycles. The van der Waals surface area contributed by atoms with E-state index >= 15 is 0 Å². The molecular weight excluding hydrogens is 1180 g/mol. The second-order valence-corrected chi connectivity index (χ2v) is 24.4. The molecule has 8 nitrogen and oxygen atoms in total. The van der Waals surface area contributed by atoms with E-state index in [9.17, 15) is 19.2 Å². The summed E-state index contributed by atoms with van der Waals surface area (Å²) in [6, 6.07) is 0. The minimum Gasteiger partial charge on any atom is -0.481 e. The topological polar surface area (TPSA) is 149 Å². The van der Waals surface area contributed by atoms with Crippen molar-refractivity contribution in [3.8, 4) is 0 Å². The minimum atomic E-state index is -0.653. The van der Waals surface area contributed by atoms with Gasteiger partial charge in [-0.15, -0.1) is 0 Å². The summed E-state index contributed by atoms with van der Waals surface area (Å²) in [4.78, 5) is 41.3. The van der Waals surface area contributed by atoms with Crippen LogP contribution in [0.3, 0.4) is 0 Å². The number of rotatable bonds is 64. The number of unbranched alkanes of at least 4 members (excludes halogenated alkanes) is 56. The summed E-state index contributed by atoms with van der Waals surface area (Å²) in [5, 5.41) is 34.1. The molecule has 0 heterocycles. The summed E-state index contributed by atoms with van der Waals surface area (Å²) in [5.41, 5.74) is 0. The van der Waals surface area contributed by atoms with Gasteiger partial charge in [0.05, 0.1) is 0 Å². The normalized spacial score (nSPS) is 10.7. The zero-order valence-electron chi connectivity index (χ0n) is 55.1. The molecule has 0 aromatic carbocycles. The van der Waals surface area contributed by atoms with Crippen LogP contribution in [-0.2, 0) is 39.6 Å². The Labute approximate surface area is 519 Å². The van der Waals surface area contributed by atoms with Gasteiger partial charge in [-0.05, 0) is 25.7 Å². The molecule has 487 valence electrons. The average Bonchev–Trinajstić information content (AvgIpc) is 3.43. The molecule has 81 heavy (non-hydrogen) atoms. The Morgan fingerprint density at radius 2 is 0.235 bits per heavy atom. The van der Waals surface area contributed by atoms with Gasteiger partial charge in [-0.2, -0.15) is 0 Å². The third kappa shape index (κ3) is 104. The van der Waals surface area contributed by atoms with Crippen molar-refractivity contribution >= 4 is 23.9 Å². The quantitative estimate of drug-likeness (QED) is 0.0440. The van der Waals surface area contributed by atoms with Gasteiger partial charge in [0.2, 0.25) is 0 Å². The standard InChI is InChI=1S/4C18H36O2.Re/c4*1-2-3-4-5-6-7-8-9-10-11-12-13-14-15-16-17-18(19)20;/h4*2-17H2,1H3,(H,19,20);. The number of hydrogen-bond acceptors (Lipinski definition) is 4. The fourth-order valence-corrected chi connectivity index (χ4v) is 10.6. The van der Waals surface area contributed by atoms with Gasteiger partial charge in [0.1, 0.15) is 0 Å². The third-order valence-corrected chi connectivity index (χ3v) is 16.0. The van der Waals surface area contributed by atoms with E-state index in [1.807, 2.05) is 0 Å². The predicted octanol–water partition coefficient (Wildman–Crippen LogP) is 25.3. The van der Waals surface area contributed by atoms with Crippen LogP contribution in [0.4, 0.5) is 0 Å². The van der Waals surface area contributed by atoms with Crippen molar-refractivity contribution in [2.75, 3.05) is 0 Å². The van der Waals surface area contributed by atoms with Crippen molar-refractivity contribution in [1.82, 2.24) is 0 Å². The average molecular weight is 1320 g/mol. The largest absolute Gasteiger partial charge is 0.481 e. The van der Waals surface area contributed by atoms with Crippen LogP contribution >= 0.6 is 0 Å². The summed E-state index contributed by atoms with van der Waals surface area (Å²) >= 11 is 0. The van der Waals surface area contributed by atoms with Crippen LogP contribution in [0.15, 0.2) is 0 Å². The summed E-state index contributed by atoms with van der Waals surface area (Å²) in [7, 11) is 0. The second kappa shape index (κ2) is 85.0. The van der Waals surface area contributed by atoms with Gasteiger partial charge in [0.15, 0.2) is 0 Å². The van der Waals surface area contributed by atoms with E-state index in [0.29, 0.717) is 25.7 Å². The van der Waals surface area contributed by atoms with Crippen LogP contribution in [0.25, 0.3) is 0 Å². The molecule has 0 spiro atoms. The molecule has 0 atom stereocenters. The van der Waals surface area contributed by atoms with E-state index < -0.39 is 23.9 Å². The van der Waals surface area contributed by atoms with Crippen LogP contribution < -0.4 is 0 Å². The molecule has 0 aromatic rings. The maximum atomic E-state index is 10.3. The fourth-order valence-electron chi connectivity index (χ4n) is 10.6. The minimum absolute atomic E-state index is 0. The van der Waals surface area contributed by atoms with Crippen LogP contribution in [0.1, 0.15) is 439 Å². The molecule has 0 unspecified atom stereocenters. The summed E-state index contributed by atoms with van der Waals surface area (Å²) in [6.45, 7) is 9.08. The molecule has 0 rings (SSSR count). The van der Waals surface area contributed by atoms with E-state index in [0.717, 1.165) is 51.4 Å². The van der Waals surface area contributed by atoms with Crippen LogP contribution in [0.2, 0.25) is 0 Å². The first-order valence-corrected chi connectivity index (χ1v) is 36.0. The van der Waals surface area contributed by atoms with Crippen LogP contribution in [0.5, 0.6) is 0 Å². The Balaban J connectivity index is -0.000000316. The third-order valence-electron chi connectivity index (χ3n) is 16.0. The molecule has 0 aliphatic rings. The number of hydrogen-bond donors (Lipinski definition) is 4. The molecule has 0 saturated heterocycles. The fraction of sp³-hybridized carbons (Fsp3) is 0.944. The summed E-state index contributed by atoms with van der Waals surface area (Å²) in [5.74, 6) is -2.61. The maximum absolute atomic E-state index is 10.3. The molecule has 0 fully saturated rings. The zero-order valence-corrected chi connectivity index (χ0v) is 57.8. The Bertz CT molecular complexity index is 990. The van der Waals surface area contributed by atoms with Gasteiger partial charge in [0, 0.05) is 46.1 Å². The number of aliphatic carboxylic acids is 4. The van der Waals surface area contributed by atoms with Crippen molar-refractivity contribution in [2.45, 2.75) is 439 Å². The van der Waals surface area contributed by atoms with Gasteiger partial charge < -0.3 is 20.4 Å². The van der Waals surface area contributed by atoms with Crippen molar-refractivity contribution in [2.24, 2.45) is 0 Å². The number of carbonyl (C=O) groups is 4. The monoisotopic (exact) mass is 1320 g/mol. The van der Waals surface area contributed by atoms with Crippen molar-refractivity contribution in [1.29, 1.82) is 0 Å².